The summed E-state index contributed by atoms with van der Waals surface area (Å²) in [4.78, 5) is 56.0. The van der Waals surface area contributed by atoms with Gasteiger partial charge in [-0.25, -0.2) is 0 Å². The number of hydrogen-bond acceptors (Lipinski definition) is 6. The third kappa shape index (κ3) is 10.8. The molecular weight excluding hydrogens is 350 g/mol. The number of hydrogen-bond donors (Lipinski definition) is 4. The Morgan fingerprint density at radius 2 is 0.870 bits per heavy atom. The molecule has 0 saturated heterocycles. The Morgan fingerprint density at radius 1 is 0.609 bits per heavy atom. The molecule has 0 aliphatic heterocycles. The van der Waals surface area contributed by atoms with Crippen LogP contribution in [0.2, 0.25) is 0 Å². The van der Waals surface area contributed by atoms with Gasteiger partial charge >= 0.3 is 15.2 Å². The summed E-state index contributed by atoms with van der Waals surface area (Å²) in [5.74, 6) is -2.94. The van der Waals surface area contributed by atoms with Gasteiger partial charge in [0.1, 0.15) is 0 Å². The van der Waals surface area contributed by atoms with E-state index in [1.807, 2.05) is 0 Å². The maximum Gasteiger partial charge on any atom is 0.353 e. The maximum atomic E-state index is 10.9. The summed E-state index contributed by atoms with van der Waals surface area (Å²) in [6.07, 6.45) is 5.03. The first-order chi connectivity index (χ1) is 10.6. The van der Waals surface area contributed by atoms with Crippen LogP contribution in [0, 0.1) is 9.81 Å². The molecule has 0 radical (unpaired) electrons. The van der Waals surface area contributed by atoms with E-state index in [4.69, 9.17) is 19.6 Å². The van der Waals surface area contributed by atoms with Crippen LogP contribution in [0.3, 0.4) is 0 Å². The summed E-state index contributed by atoms with van der Waals surface area (Å²) in [6.45, 7) is 0. The fourth-order valence-electron chi connectivity index (χ4n) is 2.10. The second kappa shape index (κ2) is 11.1. The van der Waals surface area contributed by atoms with E-state index in [1.54, 1.807) is 0 Å². The molecule has 0 aromatic rings. The zero-order valence-electron chi connectivity index (χ0n) is 12.7. The Labute approximate surface area is 134 Å². The van der Waals surface area contributed by atoms with Gasteiger partial charge in [-0.3, -0.25) is 9.13 Å². The van der Waals surface area contributed by atoms with E-state index in [2.05, 4.69) is 10.4 Å². The molecule has 0 aromatic heterocycles. The van der Waals surface area contributed by atoms with Crippen LogP contribution in [0.5, 0.6) is 0 Å². The highest BCUT2D eigenvalue weighted by Gasteiger charge is 2.29. The minimum absolute atomic E-state index is 0.0583. The normalized spacial score (nSPS) is 15.1. The fourth-order valence-corrected chi connectivity index (χ4v) is 3.39. The van der Waals surface area contributed by atoms with Crippen LogP contribution in [-0.4, -0.2) is 31.1 Å². The lowest BCUT2D eigenvalue weighted by atomic mass is 10.1. The van der Waals surface area contributed by atoms with Gasteiger partial charge in [0.05, 0.1) is 0 Å². The molecule has 0 heterocycles. The number of nitrogens with zero attached hydrogens (tertiary/aromatic N) is 2. The molecule has 0 amide bonds. The summed E-state index contributed by atoms with van der Waals surface area (Å²) in [7, 11) is -8.90. The lowest BCUT2D eigenvalue weighted by Crippen LogP contribution is -2.04. The third-order valence-electron chi connectivity index (χ3n) is 3.44. The Kier molecular flexibility index (Phi) is 10.9. The van der Waals surface area contributed by atoms with Gasteiger partial charge in [-0.1, -0.05) is 55.3 Å². The first-order valence-corrected chi connectivity index (χ1v) is 10.7. The molecule has 0 rings (SSSR count). The van der Waals surface area contributed by atoms with E-state index in [9.17, 15) is 18.9 Å². The molecule has 2 atom stereocenters. The number of nitroso groups, excluding NO2 is 2. The van der Waals surface area contributed by atoms with Crippen LogP contribution in [0.1, 0.15) is 57.8 Å². The summed E-state index contributed by atoms with van der Waals surface area (Å²) >= 11 is 0. The monoisotopic (exact) mass is 374 g/mol. The molecule has 2 unspecified atom stereocenters. The van der Waals surface area contributed by atoms with Crippen molar-refractivity contribution in [1.82, 2.24) is 0 Å². The molecule has 136 valence electrons. The van der Waals surface area contributed by atoms with Crippen molar-refractivity contribution in [2.75, 3.05) is 0 Å². The molecule has 0 saturated carbocycles. The molecule has 0 aliphatic carbocycles. The van der Waals surface area contributed by atoms with E-state index in [0.717, 1.165) is 19.3 Å². The van der Waals surface area contributed by atoms with Crippen molar-refractivity contribution in [1.29, 1.82) is 0 Å². The van der Waals surface area contributed by atoms with Crippen molar-refractivity contribution < 1.29 is 28.7 Å². The van der Waals surface area contributed by atoms with Gasteiger partial charge in [-0.2, -0.15) is 0 Å². The first kappa shape index (κ1) is 22.5. The molecule has 0 fully saturated rings. The van der Waals surface area contributed by atoms with Crippen LogP contribution in [-0.2, 0) is 9.13 Å². The molecule has 0 aliphatic rings. The van der Waals surface area contributed by atoms with Crippen LogP contribution in [0.15, 0.2) is 10.4 Å². The van der Waals surface area contributed by atoms with Gasteiger partial charge < -0.3 is 19.6 Å². The second-order valence-electron chi connectivity index (χ2n) is 5.40. The standard InChI is InChI=1S/C11H24N2O8P2/c14-12-10(22(16,17)18)8-6-4-2-1-3-5-7-9-11(13-15)23(19,20)21/h10-11H,1-9H2,(H2,16,17,18)(H2,19,20,21). The highest BCUT2D eigenvalue weighted by molar-refractivity contribution is 7.52. The van der Waals surface area contributed by atoms with Crippen LogP contribution in [0.4, 0.5) is 0 Å². The van der Waals surface area contributed by atoms with E-state index in [-0.39, 0.29) is 12.8 Å². The topological polar surface area (TPSA) is 174 Å². The number of unbranched alkanes of at least 4 members (excludes halogenated alkanes) is 6. The van der Waals surface area contributed by atoms with Crippen LogP contribution < -0.4 is 0 Å². The minimum atomic E-state index is -4.45. The molecule has 0 bridgehead atoms. The fraction of sp³-hybridized carbons (Fsp3) is 1.00. The molecule has 23 heavy (non-hydrogen) atoms. The largest absolute Gasteiger partial charge is 0.353 e. The molecule has 0 aromatic carbocycles. The van der Waals surface area contributed by atoms with Crippen molar-refractivity contribution in [2.24, 2.45) is 10.4 Å². The van der Waals surface area contributed by atoms with Crippen molar-refractivity contribution >= 4 is 15.2 Å². The first-order valence-electron chi connectivity index (χ1n) is 7.38. The molecule has 10 nitrogen and oxygen atoms in total. The Bertz CT molecular complexity index is 409. The van der Waals surface area contributed by atoms with Gasteiger partial charge in [-0.05, 0) is 12.8 Å². The van der Waals surface area contributed by atoms with Gasteiger partial charge in [0, 0.05) is 0 Å². The zero-order valence-corrected chi connectivity index (χ0v) is 14.5. The Morgan fingerprint density at radius 3 is 1.09 bits per heavy atom. The molecular formula is C11H24N2O8P2. The van der Waals surface area contributed by atoms with E-state index >= 15 is 0 Å². The van der Waals surface area contributed by atoms with E-state index < -0.39 is 26.8 Å². The third-order valence-corrected chi connectivity index (χ3v) is 5.70. The lowest BCUT2D eigenvalue weighted by molar-refractivity contribution is 0.352. The maximum absolute atomic E-state index is 10.9. The molecule has 4 N–H and O–H groups in total. The predicted molar refractivity (Wildman–Crippen MR) is 84.8 cm³/mol. The van der Waals surface area contributed by atoms with Crippen molar-refractivity contribution in [2.45, 2.75) is 69.4 Å². The second-order valence-corrected chi connectivity index (χ2v) is 8.95. The Hall–Kier alpha value is -0.500. The number of rotatable bonds is 14. The highest BCUT2D eigenvalue weighted by Crippen LogP contribution is 2.45. The van der Waals surface area contributed by atoms with E-state index in [1.165, 1.54) is 0 Å². The molecule has 12 heteroatoms. The summed E-state index contributed by atoms with van der Waals surface area (Å²) in [5.41, 5.74) is 0. The summed E-state index contributed by atoms with van der Waals surface area (Å²) < 4.78 is 21.7. The predicted octanol–water partition coefficient (Wildman–Crippen LogP) is 3.04. The van der Waals surface area contributed by atoms with E-state index in [0.29, 0.717) is 25.7 Å². The zero-order chi connectivity index (χ0) is 17.9. The van der Waals surface area contributed by atoms with Gasteiger partial charge in [0.15, 0.2) is 11.6 Å². The minimum Gasteiger partial charge on any atom is -0.323 e. The van der Waals surface area contributed by atoms with Crippen molar-refractivity contribution in [3.05, 3.63) is 9.81 Å². The lowest BCUT2D eigenvalue weighted by Gasteiger charge is -2.11. The van der Waals surface area contributed by atoms with Crippen molar-refractivity contribution in [3.63, 3.8) is 0 Å². The van der Waals surface area contributed by atoms with Crippen molar-refractivity contribution in [3.8, 4) is 0 Å². The van der Waals surface area contributed by atoms with Gasteiger partial charge in [0.2, 0.25) is 0 Å². The highest BCUT2D eigenvalue weighted by atomic mass is 31.2. The average molecular weight is 374 g/mol. The Balaban J connectivity index is 3.64. The average Bonchev–Trinajstić information content (AvgIpc) is 2.42. The summed E-state index contributed by atoms with van der Waals surface area (Å²) in [6, 6.07) is 0. The van der Waals surface area contributed by atoms with Gasteiger partial charge in [0.25, 0.3) is 0 Å². The van der Waals surface area contributed by atoms with Crippen LogP contribution >= 0.6 is 15.2 Å². The SMILES string of the molecule is O=NC(CCCCCCCCCC(N=O)P(=O)(O)O)P(=O)(O)O. The van der Waals surface area contributed by atoms with Gasteiger partial charge in [-0.15, -0.1) is 9.81 Å². The smallest absolute Gasteiger partial charge is 0.323 e. The van der Waals surface area contributed by atoms with Crippen LogP contribution in [0.25, 0.3) is 0 Å². The molecule has 0 spiro atoms. The summed E-state index contributed by atoms with van der Waals surface area (Å²) in [5, 5.41) is 4.90. The quantitative estimate of drug-likeness (QED) is 0.204.